The summed E-state index contributed by atoms with van der Waals surface area (Å²) in [6.07, 6.45) is 6.87. The van der Waals surface area contributed by atoms with Crippen LogP contribution in [0.25, 0.3) is 0 Å². The van der Waals surface area contributed by atoms with Gasteiger partial charge in [0.25, 0.3) is 0 Å². The predicted octanol–water partition coefficient (Wildman–Crippen LogP) is 4.67. The Balaban J connectivity index is 2.15. The molecule has 0 N–H and O–H groups in total. The molecule has 0 radical (unpaired) electrons. The minimum atomic E-state index is -0.220. The number of allylic oxidation sites excluding steroid dienone is 2. The van der Waals surface area contributed by atoms with E-state index in [2.05, 4.69) is 20.4 Å². The molecule has 2 nitrogen and oxygen atoms in total. The van der Waals surface area contributed by atoms with Gasteiger partial charge in [-0.15, -0.1) is 0 Å². The average Bonchev–Trinajstić information content (AvgIpc) is 2.43. The molecule has 1 aromatic carbocycles. The number of carbonyl (C=O) groups is 1. The van der Waals surface area contributed by atoms with Crippen LogP contribution in [0.15, 0.2) is 54.8 Å². The second-order valence-electron chi connectivity index (χ2n) is 5.20. The van der Waals surface area contributed by atoms with E-state index in [0.717, 1.165) is 24.8 Å². The van der Waals surface area contributed by atoms with E-state index < -0.39 is 0 Å². The second kappa shape index (κ2) is 9.13. The SMILES string of the molecule is C=C(C)C(C)CCC/C=C/OC(=O)Cc1ccccc1. The van der Waals surface area contributed by atoms with Gasteiger partial charge in [-0.2, -0.15) is 0 Å². The molecule has 0 saturated carbocycles. The molecule has 0 amide bonds. The van der Waals surface area contributed by atoms with Gasteiger partial charge in [0.15, 0.2) is 0 Å². The maximum absolute atomic E-state index is 11.6. The second-order valence-corrected chi connectivity index (χ2v) is 5.20. The highest BCUT2D eigenvalue weighted by atomic mass is 16.5. The molecule has 0 aliphatic heterocycles. The Labute approximate surface area is 122 Å². The Morgan fingerprint density at radius 2 is 2.05 bits per heavy atom. The van der Waals surface area contributed by atoms with Crippen LogP contribution >= 0.6 is 0 Å². The summed E-state index contributed by atoms with van der Waals surface area (Å²) in [5.74, 6) is 0.340. The van der Waals surface area contributed by atoms with E-state index >= 15 is 0 Å². The van der Waals surface area contributed by atoms with Gasteiger partial charge in [-0.1, -0.05) is 49.4 Å². The number of hydrogen-bond donors (Lipinski definition) is 0. The Morgan fingerprint density at radius 1 is 1.35 bits per heavy atom. The molecule has 108 valence electrons. The smallest absolute Gasteiger partial charge is 0.315 e. The first-order chi connectivity index (χ1) is 9.59. The Kier molecular flexibility index (Phi) is 7.41. The molecular formula is C18H24O2. The zero-order valence-electron chi connectivity index (χ0n) is 12.5. The first-order valence-corrected chi connectivity index (χ1v) is 7.13. The van der Waals surface area contributed by atoms with Crippen LogP contribution in [0.4, 0.5) is 0 Å². The lowest BCUT2D eigenvalue weighted by Crippen LogP contribution is -2.03. The van der Waals surface area contributed by atoms with Crippen LogP contribution in [0.1, 0.15) is 38.7 Å². The van der Waals surface area contributed by atoms with Crippen molar-refractivity contribution in [3.8, 4) is 0 Å². The van der Waals surface area contributed by atoms with E-state index in [9.17, 15) is 4.79 Å². The average molecular weight is 272 g/mol. The fourth-order valence-corrected chi connectivity index (χ4v) is 1.78. The molecule has 1 aromatic rings. The Bertz CT molecular complexity index is 446. The van der Waals surface area contributed by atoms with E-state index in [1.54, 1.807) is 0 Å². The maximum Gasteiger partial charge on any atom is 0.315 e. The molecule has 0 aromatic heterocycles. The molecule has 0 aliphatic carbocycles. The van der Waals surface area contributed by atoms with Crippen molar-refractivity contribution in [1.29, 1.82) is 0 Å². The topological polar surface area (TPSA) is 26.3 Å². The van der Waals surface area contributed by atoms with E-state index in [1.165, 1.54) is 11.8 Å². The molecule has 2 heteroatoms. The highest BCUT2D eigenvalue weighted by Gasteiger charge is 2.02. The van der Waals surface area contributed by atoms with Gasteiger partial charge in [0.2, 0.25) is 0 Å². The zero-order chi connectivity index (χ0) is 14.8. The van der Waals surface area contributed by atoms with Gasteiger partial charge >= 0.3 is 5.97 Å². The first kappa shape index (κ1) is 16.2. The van der Waals surface area contributed by atoms with Crippen LogP contribution in [0, 0.1) is 5.92 Å². The van der Waals surface area contributed by atoms with Crippen molar-refractivity contribution in [2.45, 2.75) is 39.5 Å². The van der Waals surface area contributed by atoms with Crippen molar-refractivity contribution in [3.63, 3.8) is 0 Å². The minimum Gasteiger partial charge on any atom is -0.435 e. The van der Waals surface area contributed by atoms with Gasteiger partial charge in [0, 0.05) is 0 Å². The lowest BCUT2D eigenvalue weighted by molar-refractivity contribution is -0.137. The summed E-state index contributed by atoms with van der Waals surface area (Å²) >= 11 is 0. The van der Waals surface area contributed by atoms with Crippen LogP contribution in [-0.4, -0.2) is 5.97 Å². The lowest BCUT2D eigenvalue weighted by Gasteiger charge is -2.08. The molecule has 0 heterocycles. The molecular weight excluding hydrogens is 248 g/mol. The maximum atomic E-state index is 11.6. The predicted molar refractivity (Wildman–Crippen MR) is 83.2 cm³/mol. The van der Waals surface area contributed by atoms with Crippen molar-refractivity contribution in [2.24, 2.45) is 5.92 Å². The fraction of sp³-hybridized carbons (Fsp3) is 0.389. The molecule has 1 rings (SSSR count). The van der Waals surface area contributed by atoms with Crippen LogP contribution in [0.5, 0.6) is 0 Å². The summed E-state index contributed by atoms with van der Waals surface area (Å²) in [6, 6.07) is 9.61. The standard InChI is InChI=1S/C18H24O2/c1-15(2)16(3)10-6-5-9-13-20-18(19)14-17-11-7-4-8-12-17/h4,7-9,11-13,16H,1,5-6,10,14H2,2-3H3/b13-9+. The Hall–Kier alpha value is -1.83. The molecule has 0 spiro atoms. The molecule has 20 heavy (non-hydrogen) atoms. The summed E-state index contributed by atoms with van der Waals surface area (Å²) < 4.78 is 5.06. The third kappa shape index (κ3) is 6.93. The number of ether oxygens (including phenoxy) is 1. The van der Waals surface area contributed by atoms with Crippen LogP contribution < -0.4 is 0 Å². The van der Waals surface area contributed by atoms with Crippen molar-refractivity contribution in [1.82, 2.24) is 0 Å². The summed E-state index contributed by atoms with van der Waals surface area (Å²) in [5.41, 5.74) is 2.20. The first-order valence-electron chi connectivity index (χ1n) is 7.13. The van der Waals surface area contributed by atoms with E-state index in [1.807, 2.05) is 36.4 Å². The molecule has 0 fully saturated rings. The van der Waals surface area contributed by atoms with Gasteiger partial charge < -0.3 is 4.74 Å². The normalized spacial score (nSPS) is 12.3. The Morgan fingerprint density at radius 3 is 2.70 bits per heavy atom. The lowest BCUT2D eigenvalue weighted by atomic mass is 9.98. The van der Waals surface area contributed by atoms with E-state index in [4.69, 9.17) is 4.74 Å². The summed E-state index contributed by atoms with van der Waals surface area (Å²) in [6.45, 7) is 8.19. The van der Waals surface area contributed by atoms with Crippen molar-refractivity contribution < 1.29 is 9.53 Å². The number of hydrogen-bond acceptors (Lipinski definition) is 2. The van der Waals surface area contributed by atoms with Gasteiger partial charge in [-0.25, -0.2) is 0 Å². The highest BCUT2D eigenvalue weighted by molar-refractivity contribution is 5.73. The molecule has 1 atom stereocenters. The van der Waals surface area contributed by atoms with Crippen molar-refractivity contribution in [3.05, 3.63) is 60.4 Å². The minimum absolute atomic E-state index is 0.220. The summed E-state index contributed by atoms with van der Waals surface area (Å²) in [7, 11) is 0. The number of rotatable bonds is 8. The monoisotopic (exact) mass is 272 g/mol. The third-order valence-electron chi connectivity index (χ3n) is 3.34. The summed E-state index contributed by atoms with van der Waals surface area (Å²) in [5, 5.41) is 0. The van der Waals surface area contributed by atoms with Crippen molar-refractivity contribution >= 4 is 5.97 Å². The van der Waals surface area contributed by atoms with Crippen LogP contribution in [-0.2, 0) is 16.0 Å². The zero-order valence-corrected chi connectivity index (χ0v) is 12.5. The van der Waals surface area contributed by atoms with Crippen LogP contribution in [0.2, 0.25) is 0 Å². The quantitative estimate of drug-likeness (QED) is 0.297. The summed E-state index contributed by atoms with van der Waals surface area (Å²) in [4.78, 5) is 11.6. The van der Waals surface area contributed by atoms with Gasteiger partial charge in [-0.05, 0) is 43.7 Å². The molecule has 1 unspecified atom stereocenters. The largest absolute Gasteiger partial charge is 0.435 e. The van der Waals surface area contributed by atoms with E-state index in [0.29, 0.717) is 12.3 Å². The molecule has 0 bridgehead atoms. The van der Waals surface area contributed by atoms with Crippen LogP contribution in [0.3, 0.4) is 0 Å². The van der Waals surface area contributed by atoms with E-state index in [-0.39, 0.29) is 5.97 Å². The van der Waals surface area contributed by atoms with Gasteiger partial charge in [0.05, 0.1) is 12.7 Å². The molecule has 0 aliphatic rings. The molecule has 0 saturated heterocycles. The van der Waals surface area contributed by atoms with Gasteiger partial charge in [0.1, 0.15) is 0 Å². The number of esters is 1. The highest BCUT2D eigenvalue weighted by Crippen LogP contribution is 2.15. The number of benzene rings is 1. The van der Waals surface area contributed by atoms with Crippen molar-refractivity contribution in [2.75, 3.05) is 0 Å². The third-order valence-corrected chi connectivity index (χ3v) is 3.34. The number of unbranched alkanes of at least 4 members (excludes halogenated alkanes) is 1. The fourth-order valence-electron chi connectivity index (χ4n) is 1.78. The van der Waals surface area contributed by atoms with Gasteiger partial charge in [-0.3, -0.25) is 4.79 Å². The number of carbonyl (C=O) groups excluding carboxylic acids is 1.